The highest BCUT2D eigenvalue weighted by Crippen LogP contribution is 2.38. The summed E-state index contributed by atoms with van der Waals surface area (Å²) in [6.45, 7) is 1.69. The van der Waals surface area contributed by atoms with Crippen molar-refractivity contribution in [2.24, 2.45) is 0 Å². The van der Waals surface area contributed by atoms with Crippen LogP contribution in [0.15, 0.2) is 6.07 Å². The highest BCUT2D eigenvalue weighted by atomic mass is 35.5. The number of carbonyl (C=O) groups is 3. The fourth-order valence-corrected chi connectivity index (χ4v) is 3.38. The summed E-state index contributed by atoms with van der Waals surface area (Å²) in [6.07, 6.45) is 0.296. The van der Waals surface area contributed by atoms with Crippen LogP contribution in [-0.2, 0) is 25.5 Å². The van der Waals surface area contributed by atoms with Crippen molar-refractivity contribution in [3.63, 3.8) is 0 Å². The zero-order chi connectivity index (χ0) is 20.8. The van der Waals surface area contributed by atoms with Gasteiger partial charge in [0.1, 0.15) is 28.6 Å². The van der Waals surface area contributed by atoms with Crippen molar-refractivity contribution in [3.8, 4) is 11.5 Å². The number of phenolic OH excluding ortho intramolecular Hbond substituents is 1. The number of hydrogen-bond donors (Lipinski definition) is 1. The van der Waals surface area contributed by atoms with Gasteiger partial charge < -0.3 is 19.3 Å². The predicted octanol–water partition coefficient (Wildman–Crippen LogP) is 3.26. The average molecular weight is 413 g/mol. The molecule has 1 aliphatic rings. The monoisotopic (exact) mass is 412 g/mol. The van der Waals surface area contributed by atoms with Crippen LogP contribution < -0.4 is 4.74 Å². The molecule has 1 aromatic carbocycles. The SMILES string of the molecule is COc1cc(O)c(Cl)c2c1C(=O)O[C@H](C)CCC(=O)CC[C@@H](OC)CC(=O)C2. The van der Waals surface area contributed by atoms with Crippen molar-refractivity contribution in [1.82, 2.24) is 0 Å². The Morgan fingerprint density at radius 3 is 2.46 bits per heavy atom. The molecular weight excluding hydrogens is 388 g/mol. The number of rotatable bonds is 2. The standard InChI is InChI=1S/C20H25ClO7/c1-11-4-5-12(22)6-7-14(26-2)8-13(23)9-15-18(20(25)28-11)17(27-3)10-16(24)19(15)21/h10-11,14,24H,4-9H2,1-3H3/t11-,14-/m1/s1. The van der Waals surface area contributed by atoms with Crippen molar-refractivity contribution >= 4 is 29.1 Å². The summed E-state index contributed by atoms with van der Waals surface area (Å²) in [5.41, 5.74) is 0.159. The maximum Gasteiger partial charge on any atom is 0.342 e. The number of carbonyl (C=O) groups excluding carboxylic acids is 3. The number of esters is 1. The number of benzene rings is 1. The summed E-state index contributed by atoms with van der Waals surface area (Å²) < 4.78 is 16.0. The first-order valence-corrected chi connectivity index (χ1v) is 9.50. The highest BCUT2D eigenvalue weighted by molar-refractivity contribution is 6.33. The van der Waals surface area contributed by atoms with Gasteiger partial charge in [-0.15, -0.1) is 0 Å². The second kappa shape index (κ2) is 9.89. The molecule has 2 rings (SSSR count). The van der Waals surface area contributed by atoms with Crippen LogP contribution in [-0.4, -0.2) is 49.1 Å². The minimum Gasteiger partial charge on any atom is -0.506 e. The zero-order valence-electron chi connectivity index (χ0n) is 16.2. The third-order valence-electron chi connectivity index (χ3n) is 4.78. The smallest absolute Gasteiger partial charge is 0.342 e. The van der Waals surface area contributed by atoms with E-state index in [4.69, 9.17) is 25.8 Å². The largest absolute Gasteiger partial charge is 0.506 e. The Bertz CT molecular complexity index is 759. The lowest BCUT2D eigenvalue weighted by Crippen LogP contribution is -2.23. The number of hydrogen-bond acceptors (Lipinski definition) is 7. The van der Waals surface area contributed by atoms with Crippen molar-refractivity contribution < 1.29 is 33.7 Å². The van der Waals surface area contributed by atoms with E-state index in [-0.39, 0.29) is 58.5 Å². The van der Waals surface area contributed by atoms with Crippen molar-refractivity contribution in [1.29, 1.82) is 0 Å². The third kappa shape index (κ3) is 5.45. The van der Waals surface area contributed by atoms with E-state index in [0.717, 1.165) is 0 Å². The fourth-order valence-electron chi connectivity index (χ4n) is 3.16. The van der Waals surface area contributed by atoms with Crippen molar-refractivity contribution in [3.05, 3.63) is 22.2 Å². The second-order valence-electron chi connectivity index (χ2n) is 6.87. The summed E-state index contributed by atoms with van der Waals surface area (Å²) >= 11 is 6.21. The molecule has 0 spiro atoms. The van der Waals surface area contributed by atoms with Gasteiger partial charge >= 0.3 is 5.97 Å². The van der Waals surface area contributed by atoms with Crippen LogP contribution in [0, 0.1) is 0 Å². The first-order chi connectivity index (χ1) is 13.3. The normalized spacial score (nSPS) is 22.2. The van der Waals surface area contributed by atoms with Gasteiger partial charge in [0.2, 0.25) is 0 Å². The van der Waals surface area contributed by atoms with Crippen molar-refractivity contribution in [2.75, 3.05) is 14.2 Å². The molecule has 1 heterocycles. The summed E-state index contributed by atoms with van der Waals surface area (Å²) in [5.74, 6) is -1.16. The van der Waals surface area contributed by atoms with Gasteiger partial charge in [0.25, 0.3) is 0 Å². The Kier molecular flexibility index (Phi) is 7.83. The molecule has 1 N–H and O–H groups in total. The first-order valence-electron chi connectivity index (χ1n) is 9.12. The summed E-state index contributed by atoms with van der Waals surface area (Å²) in [7, 11) is 2.83. The molecule has 0 bridgehead atoms. The summed E-state index contributed by atoms with van der Waals surface area (Å²) in [4.78, 5) is 37.4. The van der Waals surface area contributed by atoms with Crippen LogP contribution >= 0.6 is 11.6 Å². The molecule has 0 unspecified atom stereocenters. The minimum absolute atomic E-state index is 0.00264. The van der Waals surface area contributed by atoms with E-state index in [0.29, 0.717) is 19.3 Å². The van der Waals surface area contributed by atoms with E-state index in [9.17, 15) is 19.5 Å². The average Bonchev–Trinajstić information content (AvgIpc) is 2.65. The van der Waals surface area contributed by atoms with E-state index in [1.807, 2.05) is 0 Å². The Morgan fingerprint density at radius 1 is 1.14 bits per heavy atom. The number of ether oxygens (including phenoxy) is 3. The number of fused-ring (bicyclic) bond motifs is 1. The Balaban J connectivity index is 2.48. The number of cyclic esters (lactones) is 1. The number of halogens is 1. The molecule has 28 heavy (non-hydrogen) atoms. The Labute approximate surface area is 168 Å². The van der Waals surface area contributed by atoms with E-state index in [1.54, 1.807) is 6.92 Å². The number of ketones is 2. The minimum atomic E-state index is -0.721. The molecule has 0 radical (unpaired) electrons. The first kappa shape index (κ1) is 22.2. The lowest BCUT2D eigenvalue weighted by Gasteiger charge is -2.20. The van der Waals surface area contributed by atoms with Crippen molar-refractivity contribution in [2.45, 2.75) is 57.7 Å². The molecule has 1 aromatic rings. The van der Waals surface area contributed by atoms with Crippen LogP contribution in [0.3, 0.4) is 0 Å². The molecule has 0 aliphatic carbocycles. The highest BCUT2D eigenvalue weighted by Gasteiger charge is 2.28. The molecule has 8 heteroatoms. The molecule has 0 aromatic heterocycles. The van der Waals surface area contributed by atoms with Crippen LogP contribution in [0.1, 0.15) is 54.9 Å². The number of methoxy groups -OCH3 is 2. The van der Waals surface area contributed by atoms with Crippen LogP contribution in [0.4, 0.5) is 0 Å². The van der Waals surface area contributed by atoms with Gasteiger partial charge in [0, 0.05) is 44.4 Å². The summed E-state index contributed by atoms with van der Waals surface area (Å²) in [6, 6.07) is 1.21. The van der Waals surface area contributed by atoms with E-state index >= 15 is 0 Å². The maximum absolute atomic E-state index is 12.8. The Morgan fingerprint density at radius 2 is 1.82 bits per heavy atom. The van der Waals surface area contributed by atoms with Gasteiger partial charge in [-0.1, -0.05) is 11.6 Å². The van der Waals surface area contributed by atoms with Gasteiger partial charge in [-0.05, 0) is 19.8 Å². The van der Waals surface area contributed by atoms with Gasteiger partial charge in [-0.2, -0.15) is 0 Å². The van der Waals surface area contributed by atoms with Gasteiger partial charge in [0.15, 0.2) is 0 Å². The number of aromatic hydroxyl groups is 1. The number of Topliss-reactive ketones (excluding diaryl/α,β-unsaturated/α-hetero) is 2. The van der Waals surface area contributed by atoms with Gasteiger partial charge in [0.05, 0.1) is 24.3 Å². The molecule has 2 atom stereocenters. The molecule has 7 nitrogen and oxygen atoms in total. The quantitative estimate of drug-likeness (QED) is 0.744. The van der Waals surface area contributed by atoms with E-state index in [1.165, 1.54) is 20.3 Å². The molecule has 154 valence electrons. The molecular formula is C20H25ClO7. The van der Waals surface area contributed by atoms with Gasteiger partial charge in [-0.3, -0.25) is 9.59 Å². The molecule has 0 saturated heterocycles. The third-order valence-corrected chi connectivity index (χ3v) is 5.20. The zero-order valence-corrected chi connectivity index (χ0v) is 17.0. The predicted molar refractivity (Wildman–Crippen MR) is 102 cm³/mol. The van der Waals surface area contributed by atoms with Crippen LogP contribution in [0.5, 0.6) is 11.5 Å². The maximum atomic E-state index is 12.8. The van der Waals surface area contributed by atoms with Crippen LogP contribution in [0.25, 0.3) is 0 Å². The lowest BCUT2D eigenvalue weighted by atomic mass is 9.96. The second-order valence-corrected chi connectivity index (χ2v) is 7.25. The van der Waals surface area contributed by atoms with E-state index in [2.05, 4.69) is 0 Å². The van der Waals surface area contributed by atoms with Crippen LogP contribution in [0.2, 0.25) is 5.02 Å². The molecule has 0 fully saturated rings. The summed E-state index contributed by atoms with van der Waals surface area (Å²) in [5, 5.41) is 9.98. The molecule has 0 saturated carbocycles. The fraction of sp³-hybridized carbons (Fsp3) is 0.550. The Hall–Kier alpha value is -2.12. The topological polar surface area (TPSA) is 99.1 Å². The van der Waals surface area contributed by atoms with Gasteiger partial charge in [-0.25, -0.2) is 4.79 Å². The molecule has 1 aliphatic heterocycles. The van der Waals surface area contributed by atoms with E-state index < -0.39 is 18.2 Å². The molecule has 0 amide bonds. The number of phenols is 1. The lowest BCUT2D eigenvalue weighted by molar-refractivity contribution is -0.123.